The van der Waals surface area contributed by atoms with Crippen molar-refractivity contribution in [2.45, 2.75) is 13.3 Å². The van der Waals surface area contributed by atoms with E-state index in [2.05, 4.69) is 15.6 Å². The van der Waals surface area contributed by atoms with Gasteiger partial charge >= 0.3 is 0 Å². The molecule has 1 heterocycles. The Hall–Kier alpha value is -2.36. The summed E-state index contributed by atoms with van der Waals surface area (Å²) in [7, 11) is 3.50. The van der Waals surface area contributed by atoms with Crippen molar-refractivity contribution in [3.63, 3.8) is 0 Å². The zero-order valence-electron chi connectivity index (χ0n) is 15.5. The molecular weight excluding hydrogens is 371 g/mol. The molecule has 0 unspecified atom stereocenters. The van der Waals surface area contributed by atoms with Gasteiger partial charge in [0.25, 0.3) is 0 Å². The molecule has 0 fully saturated rings. The van der Waals surface area contributed by atoms with Gasteiger partial charge in [-0.05, 0) is 31.7 Å². The van der Waals surface area contributed by atoms with E-state index in [0.29, 0.717) is 28.7 Å². The van der Waals surface area contributed by atoms with Crippen LogP contribution >= 0.6 is 11.3 Å². The number of nitrogens with one attached hydrogen (secondary N) is 2. The van der Waals surface area contributed by atoms with E-state index < -0.39 is 5.82 Å². The minimum absolute atomic E-state index is 0.183. The summed E-state index contributed by atoms with van der Waals surface area (Å²) in [5, 5.41) is 7.34. The second-order valence-electron chi connectivity index (χ2n) is 6.05. The summed E-state index contributed by atoms with van der Waals surface area (Å²) in [5.74, 6) is -0.951. The fraction of sp³-hybridized carbons (Fsp3) is 0.389. The number of carbonyl (C=O) groups excluding carboxylic acids is 2. The lowest BCUT2D eigenvalue weighted by Crippen LogP contribution is -2.31. The summed E-state index contributed by atoms with van der Waals surface area (Å²) in [6.45, 7) is 2.99. The summed E-state index contributed by atoms with van der Waals surface area (Å²) < 4.78 is 19.3. The highest BCUT2D eigenvalue weighted by atomic mass is 32.1. The molecule has 2 amide bonds. The fourth-order valence-corrected chi connectivity index (χ4v) is 3.15. The molecule has 2 N–H and O–H groups in total. The van der Waals surface area contributed by atoms with Gasteiger partial charge < -0.3 is 15.4 Å². The van der Waals surface area contributed by atoms with Gasteiger partial charge in [0, 0.05) is 43.8 Å². The van der Waals surface area contributed by atoms with Gasteiger partial charge in [0.15, 0.2) is 5.13 Å². The van der Waals surface area contributed by atoms with Crippen molar-refractivity contribution in [2.24, 2.45) is 0 Å². The average molecular weight is 394 g/mol. The number of hydrogen-bond acceptors (Lipinski definition) is 6. The second-order valence-corrected chi connectivity index (χ2v) is 6.90. The van der Waals surface area contributed by atoms with Crippen molar-refractivity contribution in [1.29, 1.82) is 0 Å². The number of likely N-dealkylation sites (N-methyl/N-ethyl adjacent to an activating group) is 1. The molecule has 7 nitrogen and oxygen atoms in total. The molecule has 0 bridgehead atoms. The van der Waals surface area contributed by atoms with Crippen LogP contribution in [0, 0.1) is 5.82 Å². The van der Waals surface area contributed by atoms with Crippen LogP contribution in [0.15, 0.2) is 23.6 Å². The van der Waals surface area contributed by atoms with Crippen molar-refractivity contribution < 1.29 is 18.7 Å². The van der Waals surface area contributed by atoms with Gasteiger partial charge in [0.1, 0.15) is 5.82 Å². The molecule has 1 aromatic carbocycles. The number of halogens is 1. The lowest BCUT2D eigenvalue weighted by atomic mass is 10.1. The minimum atomic E-state index is -0.498. The number of rotatable bonds is 9. The minimum Gasteiger partial charge on any atom is -0.385 e. The Morgan fingerprint density at radius 1 is 1.33 bits per heavy atom. The first-order chi connectivity index (χ1) is 12.9. The summed E-state index contributed by atoms with van der Waals surface area (Å²) >= 11 is 1.23. The number of hydrogen-bond donors (Lipinski definition) is 2. The van der Waals surface area contributed by atoms with Gasteiger partial charge in [-0.3, -0.25) is 14.5 Å². The van der Waals surface area contributed by atoms with Crippen molar-refractivity contribution in [2.75, 3.05) is 44.5 Å². The van der Waals surface area contributed by atoms with Crippen LogP contribution in [0.25, 0.3) is 11.3 Å². The number of ether oxygens (including phenoxy) is 1. The largest absolute Gasteiger partial charge is 0.385 e. The first-order valence-electron chi connectivity index (χ1n) is 8.39. The third-order valence-corrected chi connectivity index (χ3v) is 4.38. The number of methoxy groups -OCH3 is 1. The molecule has 0 saturated carbocycles. The van der Waals surface area contributed by atoms with E-state index in [0.717, 1.165) is 13.0 Å². The van der Waals surface area contributed by atoms with Crippen LogP contribution in [0.4, 0.5) is 15.2 Å². The Labute approximate surface area is 161 Å². The molecule has 9 heteroatoms. The first kappa shape index (κ1) is 20.9. The standard InChI is InChI=1S/C18H23FN4O3S/c1-12(24)20-13-5-6-14(15(19)9-13)16-11-27-18(21-16)22-17(25)10-23(2)7-4-8-26-3/h5-6,9,11H,4,7-8,10H2,1-3H3,(H,20,24)(H,21,22,25). The number of amides is 2. The zero-order valence-corrected chi connectivity index (χ0v) is 16.4. The predicted molar refractivity (Wildman–Crippen MR) is 104 cm³/mol. The number of nitrogens with zero attached hydrogens (tertiary/aromatic N) is 2. The van der Waals surface area contributed by atoms with Gasteiger partial charge in [0.2, 0.25) is 11.8 Å². The highest BCUT2D eigenvalue weighted by Gasteiger charge is 2.13. The monoisotopic (exact) mass is 394 g/mol. The summed E-state index contributed by atoms with van der Waals surface area (Å²) in [6, 6.07) is 4.39. The SMILES string of the molecule is COCCCN(C)CC(=O)Nc1nc(-c2ccc(NC(C)=O)cc2F)cs1. The topological polar surface area (TPSA) is 83.6 Å². The van der Waals surface area contributed by atoms with Crippen molar-refractivity contribution >= 4 is 34.0 Å². The van der Waals surface area contributed by atoms with Crippen LogP contribution in [0.1, 0.15) is 13.3 Å². The Kier molecular flexibility index (Phi) is 7.83. The maximum atomic E-state index is 14.3. The van der Waals surface area contributed by atoms with Crippen LogP contribution in [-0.2, 0) is 14.3 Å². The highest BCUT2D eigenvalue weighted by Crippen LogP contribution is 2.28. The smallest absolute Gasteiger partial charge is 0.240 e. The Bertz CT molecular complexity index is 797. The molecule has 0 radical (unpaired) electrons. The molecule has 0 spiro atoms. The normalized spacial score (nSPS) is 10.9. The van der Waals surface area contributed by atoms with E-state index in [1.807, 2.05) is 11.9 Å². The van der Waals surface area contributed by atoms with E-state index in [9.17, 15) is 14.0 Å². The maximum Gasteiger partial charge on any atom is 0.240 e. The molecule has 0 saturated heterocycles. The molecule has 0 aliphatic carbocycles. The maximum absolute atomic E-state index is 14.3. The summed E-state index contributed by atoms with van der Waals surface area (Å²) in [4.78, 5) is 29.3. The first-order valence-corrected chi connectivity index (χ1v) is 9.27. The lowest BCUT2D eigenvalue weighted by molar-refractivity contribution is -0.117. The third-order valence-electron chi connectivity index (χ3n) is 3.62. The average Bonchev–Trinajstić information content (AvgIpc) is 3.02. The highest BCUT2D eigenvalue weighted by molar-refractivity contribution is 7.14. The van der Waals surface area contributed by atoms with Crippen LogP contribution in [-0.4, -0.2) is 55.6 Å². The van der Waals surface area contributed by atoms with Crippen molar-refractivity contribution in [3.8, 4) is 11.3 Å². The lowest BCUT2D eigenvalue weighted by Gasteiger charge is -2.15. The molecule has 2 rings (SSSR count). The predicted octanol–water partition coefficient (Wildman–Crippen LogP) is 2.81. The Morgan fingerprint density at radius 3 is 2.78 bits per heavy atom. The quantitative estimate of drug-likeness (QED) is 0.639. The molecule has 0 aliphatic heterocycles. The number of benzene rings is 1. The summed E-state index contributed by atoms with van der Waals surface area (Å²) in [6.07, 6.45) is 0.843. The van der Waals surface area contributed by atoms with Gasteiger partial charge in [-0.25, -0.2) is 9.37 Å². The summed E-state index contributed by atoms with van der Waals surface area (Å²) in [5.41, 5.74) is 1.11. The Morgan fingerprint density at radius 2 is 2.11 bits per heavy atom. The number of thiazole rings is 1. The fourth-order valence-electron chi connectivity index (χ4n) is 2.42. The Balaban J connectivity index is 1.96. The molecule has 2 aromatic rings. The number of anilines is 2. The molecule has 0 atom stereocenters. The van der Waals surface area contributed by atoms with Gasteiger partial charge in [0.05, 0.1) is 12.2 Å². The number of aromatic nitrogens is 1. The van der Waals surface area contributed by atoms with E-state index in [-0.39, 0.29) is 18.4 Å². The van der Waals surface area contributed by atoms with E-state index in [4.69, 9.17) is 4.74 Å². The van der Waals surface area contributed by atoms with E-state index in [1.54, 1.807) is 24.6 Å². The van der Waals surface area contributed by atoms with Crippen LogP contribution < -0.4 is 10.6 Å². The molecule has 146 valence electrons. The molecule has 0 aliphatic rings. The third kappa shape index (κ3) is 6.70. The van der Waals surface area contributed by atoms with E-state index in [1.165, 1.54) is 24.3 Å². The number of carbonyl (C=O) groups is 2. The van der Waals surface area contributed by atoms with Crippen LogP contribution in [0.5, 0.6) is 0 Å². The van der Waals surface area contributed by atoms with Gasteiger partial charge in [-0.15, -0.1) is 11.3 Å². The van der Waals surface area contributed by atoms with Crippen molar-refractivity contribution in [1.82, 2.24) is 9.88 Å². The molecule has 27 heavy (non-hydrogen) atoms. The van der Waals surface area contributed by atoms with Crippen molar-refractivity contribution in [3.05, 3.63) is 29.4 Å². The zero-order chi connectivity index (χ0) is 19.8. The van der Waals surface area contributed by atoms with E-state index >= 15 is 0 Å². The van der Waals surface area contributed by atoms with Crippen LogP contribution in [0.2, 0.25) is 0 Å². The molecular formula is C18H23FN4O3S. The molecule has 1 aromatic heterocycles. The van der Waals surface area contributed by atoms with Crippen LogP contribution in [0.3, 0.4) is 0 Å². The second kappa shape index (κ2) is 10.1. The van der Waals surface area contributed by atoms with Gasteiger partial charge in [-0.1, -0.05) is 0 Å². The van der Waals surface area contributed by atoms with Gasteiger partial charge in [-0.2, -0.15) is 0 Å².